The third kappa shape index (κ3) is 4.44. The number of fused-ring (bicyclic) bond motifs is 1. The molecule has 0 aliphatic heterocycles. The number of hydrogen-bond donors (Lipinski definition) is 1. The zero-order valence-corrected chi connectivity index (χ0v) is 16.4. The standard InChI is InChI=1S/C19H22FN5OS/c1-12-15(13(2)25-18(22-12)23-19(24-25)27-3)8-9-17(26)21-11-10-14-6-4-5-7-16(14)20/h4-7H,8-11H2,1-3H3,(H,21,26). The molecule has 3 rings (SSSR count). The van der Waals surface area contributed by atoms with Gasteiger partial charge in [0.05, 0.1) is 0 Å². The largest absolute Gasteiger partial charge is 0.356 e. The number of aromatic nitrogens is 4. The van der Waals surface area contributed by atoms with Gasteiger partial charge in [0.1, 0.15) is 5.82 Å². The van der Waals surface area contributed by atoms with Crippen molar-refractivity contribution in [2.75, 3.05) is 12.8 Å². The SMILES string of the molecule is CSc1nc2nc(C)c(CCC(=O)NCCc3ccccc3F)c(C)n2n1. The summed E-state index contributed by atoms with van der Waals surface area (Å²) in [6.45, 7) is 4.30. The molecular weight excluding hydrogens is 365 g/mol. The van der Waals surface area contributed by atoms with Gasteiger partial charge >= 0.3 is 0 Å². The molecule has 0 fully saturated rings. The van der Waals surface area contributed by atoms with Crippen LogP contribution in [0.3, 0.4) is 0 Å². The smallest absolute Gasteiger partial charge is 0.253 e. The van der Waals surface area contributed by atoms with E-state index in [-0.39, 0.29) is 11.7 Å². The summed E-state index contributed by atoms with van der Waals surface area (Å²) in [5.41, 5.74) is 3.42. The van der Waals surface area contributed by atoms with Gasteiger partial charge in [0.25, 0.3) is 5.78 Å². The molecule has 0 unspecified atom stereocenters. The minimum Gasteiger partial charge on any atom is -0.356 e. The molecule has 1 N–H and O–H groups in total. The lowest BCUT2D eigenvalue weighted by molar-refractivity contribution is -0.121. The van der Waals surface area contributed by atoms with Crippen LogP contribution >= 0.6 is 11.8 Å². The van der Waals surface area contributed by atoms with Crippen molar-refractivity contribution in [3.8, 4) is 0 Å². The highest BCUT2D eigenvalue weighted by Crippen LogP contribution is 2.18. The van der Waals surface area contributed by atoms with Crippen molar-refractivity contribution < 1.29 is 9.18 Å². The normalized spacial score (nSPS) is 11.1. The number of nitrogens with one attached hydrogen (secondary N) is 1. The van der Waals surface area contributed by atoms with Gasteiger partial charge in [-0.15, -0.1) is 5.10 Å². The maximum absolute atomic E-state index is 13.6. The zero-order chi connectivity index (χ0) is 19.4. The maximum atomic E-state index is 13.6. The van der Waals surface area contributed by atoms with Crippen LogP contribution in [0, 0.1) is 19.7 Å². The fourth-order valence-corrected chi connectivity index (χ4v) is 3.34. The third-order valence-electron chi connectivity index (χ3n) is 4.49. The van der Waals surface area contributed by atoms with Gasteiger partial charge in [-0.3, -0.25) is 4.79 Å². The summed E-state index contributed by atoms with van der Waals surface area (Å²) in [6, 6.07) is 6.61. The van der Waals surface area contributed by atoms with Gasteiger partial charge in [0.2, 0.25) is 11.1 Å². The monoisotopic (exact) mass is 387 g/mol. The molecule has 0 bridgehead atoms. The Bertz CT molecular complexity index is 972. The number of carbonyl (C=O) groups is 1. The molecule has 27 heavy (non-hydrogen) atoms. The summed E-state index contributed by atoms with van der Waals surface area (Å²) >= 11 is 1.47. The van der Waals surface area contributed by atoms with Crippen LogP contribution in [0.4, 0.5) is 4.39 Å². The van der Waals surface area contributed by atoms with Gasteiger partial charge in [0.15, 0.2) is 0 Å². The Kier molecular flexibility index (Phi) is 6.05. The van der Waals surface area contributed by atoms with Gasteiger partial charge < -0.3 is 5.32 Å². The predicted molar refractivity (Wildman–Crippen MR) is 103 cm³/mol. The van der Waals surface area contributed by atoms with Crippen molar-refractivity contribution >= 4 is 23.4 Å². The first-order chi connectivity index (χ1) is 13.0. The topological polar surface area (TPSA) is 72.2 Å². The van der Waals surface area contributed by atoms with Crippen molar-refractivity contribution in [1.82, 2.24) is 24.9 Å². The molecule has 8 heteroatoms. The Morgan fingerprint density at radius 1 is 1.22 bits per heavy atom. The van der Waals surface area contributed by atoms with Crippen LogP contribution in [0.2, 0.25) is 0 Å². The number of hydrogen-bond acceptors (Lipinski definition) is 5. The summed E-state index contributed by atoms with van der Waals surface area (Å²) in [6.07, 6.45) is 3.31. The molecular formula is C19H22FN5OS. The highest BCUT2D eigenvalue weighted by Gasteiger charge is 2.14. The summed E-state index contributed by atoms with van der Waals surface area (Å²) in [7, 11) is 0. The van der Waals surface area contributed by atoms with Crippen molar-refractivity contribution in [1.29, 1.82) is 0 Å². The molecule has 2 heterocycles. The van der Waals surface area contributed by atoms with Crippen LogP contribution in [0.15, 0.2) is 29.4 Å². The lowest BCUT2D eigenvalue weighted by Gasteiger charge is -2.10. The van der Waals surface area contributed by atoms with E-state index in [9.17, 15) is 9.18 Å². The summed E-state index contributed by atoms with van der Waals surface area (Å²) in [5, 5.41) is 7.95. The number of amides is 1. The van der Waals surface area contributed by atoms with Crippen molar-refractivity contribution in [3.63, 3.8) is 0 Å². The number of thioether (sulfide) groups is 1. The van der Waals surface area contributed by atoms with Crippen molar-refractivity contribution in [2.24, 2.45) is 0 Å². The third-order valence-corrected chi connectivity index (χ3v) is 5.03. The van der Waals surface area contributed by atoms with Crippen molar-refractivity contribution in [3.05, 3.63) is 52.6 Å². The molecule has 0 radical (unpaired) electrons. The summed E-state index contributed by atoms with van der Waals surface area (Å²) in [4.78, 5) is 21.0. The first-order valence-corrected chi connectivity index (χ1v) is 9.99. The Hall–Kier alpha value is -2.48. The number of nitrogens with zero attached hydrogens (tertiary/aromatic N) is 4. The molecule has 0 spiro atoms. The van der Waals surface area contributed by atoms with E-state index in [1.54, 1.807) is 22.7 Å². The molecule has 3 aromatic rings. The van der Waals surface area contributed by atoms with Gasteiger partial charge in [-0.05, 0) is 50.1 Å². The van der Waals surface area contributed by atoms with E-state index < -0.39 is 0 Å². The van der Waals surface area contributed by atoms with Crippen molar-refractivity contribution in [2.45, 2.75) is 38.3 Å². The molecule has 6 nitrogen and oxygen atoms in total. The van der Waals surface area contributed by atoms with Crippen LogP contribution in [0.25, 0.3) is 5.78 Å². The van der Waals surface area contributed by atoms with E-state index in [2.05, 4.69) is 20.4 Å². The van der Waals surface area contributed by atoms with Gasteiger partial charge in [-0.25, -0.2) is 13.9 Å². The maximum Gasteiger partial charge on any atom is 0.253 e. The van der Waals surface area contributed by atoms with Crippen LogP contribution < -0.4 is 5.32 Å². The van der Waals surface area contributed by atoms with Crippen LogP contribution in [-0.4, -0.2) is 38.3 Å². The average Bonchev–Trinajstić information content (AvgIpc) is 3.06. The highest BCUT2D eigenvalue weighted by atomic mass is 32.2. The molecule has 0 saturated heterocycles. The minimum absolute atomic E-state index is 0.0615. The quantitative estimate of drug-likeness (QED) is 0.631. The second kappa shape index (κ2) is 8.47. The van der Waals surface area contributed by atoms with Crippen LogP contribution in [-0.2, 0) is 17.6 Å². The number of rotatable bonds is 7. The van der Waals surface area contributed by atoms with Crippen LogP contribution in [0.1, 0.15) is 28.9 Å². The Morgan fingerprint density at radius 3 is 2.74 bits per heavy atom. The number of carbonyl (C=O) groups excluding carboxylic acids is 1. The Morgan fingerprint density at radius 2 is 2.00 bits per heavy atom. The zero-order valence-electron chi connectivity index (χ0n) is 15.6. The van der Waals surface area contributed by atoms with E-state index in [0.29, 0.717) is 42.3 Å². The Labute approximate surface area is 161 Å². The lowest BCUT2D eigenvalue weighted by atomic mass is 10.1. The van der Waals surface area contributed by atoms with Gasteiger partial charge in [0, 0.05) is 24.4 Å². The van der Waals surface area contributed by atoms with E-state index in [1.165, 1.54) is 17.8 Å². The summed E-state index contributed by atoms with van der Waals surface area (Å²) in [5.74, 6) is 0.274. The van der Waals surface area contributed by atoms with Gasteiger partial charge in [-0.1, -0.05) is 30.0 Å². The molecule has 0 saturated carbocycles. The fraction of sp³-hybridized carbons (Fsp3) is 0.368. The molecule has 0 aliphatic carbocycles. The van der Waals surface area contributed by atoms with E-state index in [0.717, 1.165) is 17.0 Å². The fourth-order valence-electron chi connectivity index (χ4n) is 3.00. The molecule has 1 aromatic carbocycles. The van der Waals surface area contributed by atoms with E-state index >= 15 is 0 Å². The van der Waals surface area contributed by atoms with E-state index in [4.69, 9.17) is 0 Å². The summed E-state index contributed by atoms with van der Waals surface area (Å²) < 4.78 is 15.3. The number of aryl methyl sites for hydroxylation is 2. The number of benzene rings is 1. The molecule has 0 atom stereocenters. The van der Waals surface area contributed by atoms with E-state index in [1.807, 2.05) is 20.1 Å². The highest BCUT2D eigenvalue weighted by molar-refractivity contribution is 7.98. The first-order valence-electron chi connectivity index (χ1n) is 8.76. The molecule has 0 aliphatic rings. The average molecular weight is 387 g/mol. The van der Waals surface area contributed by atoms with Gasteiger partial charge in [-0.2, -0.15) is 4.98 Å². The first kappa shape index (κ1) is 19.3. The Balaban J connectivity index is 1.59. The number of halogens is 1. The molecule has 142 valence electrons. The lowest BCUT2D eigenvalue weighted by Crippen LogP contribution is -2.26. The second-order valence-corrected chi connectivity index (χ2v) is 7.04. The van der Waals surface area contributed by atoms with Crippen LogP contribution in [0.5, 0.6) is 0 Å². The minimum atomic E-state index is -0.241. The predicted octanol–water partition coefficient (Wildman–Crippen LogP) is 2.89. The molecule has 2 aromatic heterocycles. The molecule has 1 amide bonds. The second-order valence-electron chi connectivity index (χ2n) is 6.26.